The molecule has 0 aliphatic rings. The number of aromatic hydroxyl groups is 1. The Morgan fingerprint density at radius 2 is 1.34 bits per heavy atom. The normalized spacial score (nSPS) is 12.1. The summed E-state index contributed by atoms with van der Waals surface area (Å²) in [7, 11) is 0. The molecule has 0 amide bonds. The van der Waals surface area contributed by atoms with Crippen LogP contribution >= 0.6 is 0 Å². The molecule has 0 aliphatic heterocycles. The van der Waals surface area contributed by atoms with Crippen molar-refractivity contribution in [3.63, 3.8) is 0 Å². The number of anilines is 1. The zero-order valence-electron chi connectivity index (χ0n) is 15.7. The minimum Gasteiger partial charge on any atom is -0.505 e. The number of phenolic OH excluding ortho intramolecular Hbond substituents is 1. The van der Waals surface area contributed by atoms with Crippen molar-refractivity contribution in [1.29, 1.82) is 0 Å². The van der Waals surface area contributed by atoms with Crippen LogP contribution < -0.4 is 5.32 Å². The lowest BCUT2D eigenvalue weighted by Gasteiger charge is -2.23. The van der Waals surface area contributed by atoms with Gasteiger partial charge in [0.05, 0.1) is 17.2 Å². The number of hydrogen-bond acceptors (Lipinski definition) is 4. The van der Waals surface area contributed by atoms with Gasteiger partial charge in [0.1, 0.15) is 11.3 Å². The number of nitrogens with one attached hydrogen (secondary N) is 1. The third-order valence-electron chi connectivity index (χ3n) is 5.16. The van der Waals surface area contributed by atoms with Crippen LogP contribution in [0.5, 0.6) is 5.75 Å². The van der Waals surface area contributed by atoms with Crippen LogP contribution in [0.15, 0.2) is 97.3 Å². The Labute approximate surface area is 168 Å². The number of para-hydroxylation sites is 1. The fourth-order valence-electron chi connectivity index (χ4n) is 3.74. The van der Waals surface area contributed by atoms with Crippen molar-refractivity contribution in [1.82, 2.24) is 9.97 Å². The van der Waals surface area contributed by atoms with Gasteiger partial charge in [-0.3, -0.25) is 9.97 Å². The number of nitrogens with zero attached hydrogens (tertiary/aromatic N) is 2. The Kier molecular flexibility index (Phi) is 4.30. The van der Waals surface area contributed by atoms with Crippen LogP contribution in [0.25, 0.3) is 21.8 Å². The minimum absolute atomic E-state index is 0.192. The third kappa shape index (κ3) is 3.15. The fraction of sp³-hybridized carbons (Fsp3) is 0.0400. The molecule has 29 heavy (non-hydrogen) atoms. The Bertz CT molecular complexity index is 1300. The second-order valence-corrected chi connectivity index (χ2v) is 6.95. The fourth-order valence-corrected chi connectivity index (χ4v) is 3.74. The van der Waals surface area contributed by atoms with Crippen LogP contribution in [-0.4, -0.2) is 15.1 Å². The highest BCUT2D eigenvalue weighted by molar-refractivity contribution is 5.91. The molecule has 5 rings (SSSR count). The maximum atomic E-state index is 11.1. The van der Waals surface area contributed by atoms with E-state index >= 15 is 0 Å². The molecule has 4 heteroatoms. The summed E-state index contributed by atoms with van der Waals surface area (Å²) in [5, 5.41) is 16.6. The van der Waals surface area contributed by atoms with Crippen LogP contribution in [0, 0.1) is 0 Å². The van der Waals surface area contributed by atoms with E-state index in [9.17, 15) is 5.11 Å². The van der Waals surface area contributed by atoms with Crippen molar-refractivity contribution in [2.24, 2.45) is 0 Å². The lowest BCUT2D eigenvalue weighted by atomic mass is 9.96. The number of rotatable bonds is 4. The van der Waals surface area contributed by atoms with Gasteiger partial charge in [0.25, 0.3) is 0 Å². The van der Waals surface area contributed by atoms with Crippen molar-refractivity contribution in [3.8, 4) is 5.75 Å². The highest BCUT2D eigenvalue weighted by Gasteiger charge is 2.20. The van der Waals surface area contributed by atoms with Crippen molar-refractivity contribution < 1.29 is 5.11 Å². The number of aromatic nitrogens is 2. The molecule has 4 nitrogen and oxygen atoms in total. The van der Waals surface area contributed by atoms with Gasteiger partial charge in [0.15, 0.2) is 0 Å². The van der Waals surface area contributed by atoms with Gasteiger partial charge in [0, 0.05) is 28.7 Å². The average molecular weight is 377 g/mol. The van der Waals surface area contributed by atoms with Gasteiger partial charge in [-0.1, -0.05) is 66.7 Å². The summed E-state index contributed by atoms with van der Waals surface area (Å²) in [4.78, 5) is 8.94. The highest BCUT2D eigenvalue weighted by atomic mass is 16.3. The van der Waals surface area contributed by atoms with Crippen LogP contribution in [0.3, 0.4) is 0 Å². The summed E-state index contributed by atoms with van der Waals surface area (Å²) in [6.07, 6.45) is 3.49. The predicted octanol–water partition coefficient (Wildman–Crippen LogP) is 5.69. The van der Waals surface area contributed by atoms with E-state index in [2.05, 4.69) is 27.4 Å². The van der Waals surface area contributed by atoms with Crippen molar-refractivity contribution in [3.05, 3.63) is 108 Å². The van der Waals surface area contributed by atoms with Gasteiger partial charge in [-0.05, 0) is 23.8 Å². The molecule has 5 aromatic rings. The molecule has 2 aromatic heterocycles. The molecule has 0 saturated heterocycles. The van der Waals surface area contributed by atoms with Gasteiger partial charge >= 0.3 is 0 Å². The van der Waals surface area contributed by atoms with E-state index in [1.165, 1.54) is 0 Å². The van der Waals surface area contributed by atoms with Gasteiger partial charge in [-0.25, -0.2) is 0 Å². The molecule has 2 N–H and O–H groups in total. The first kappa shape index (κ1) is 17.2. The van der Waals surface area contributed by atoms with E-state index < -0.39 is 0 Å². The molecule has 0 aliphatic carbocycles. The summed E-state index contributed by atoms with van der Waals surface area (Å²) in [5.41, 5.74) is 4.23. The number of phenols is 1. The predicted molar refractivity (Wildman–Crippen MR) is 117 cm³/mol. The molecular formula is C25H19N3O. The standard InChI is InChI=1S/C25H19N3O/c29-25-20(14-13-19-11-6-16-27-24(19)25)22(17-7-2-1-3-8-17)28-21-12-4-9-18-10-5-15-26-23(18)21/h1-16,22,28-29H. The first-order valence-corrected chi connectivity index (χ1v) is 9.53. The summed E-state index contributed by atoms with van der Waals surface area (Å²) < 4.78 is 0. The molecule has 1 unspecified atom stereocenters. The zero-order chi connectivity index (χ0) is 19.6. The molecule has 0 spiro atoms. The summed E-state index contributed by atoms with van der Waals surface area (Å²) in [5.74, 6) is 0.192. The molecule has 2 heterocycles. The van der Waals surface area contributed by atoms with Crippen molar-refractivity contribution in [2.45, 2.75) is 6.04 Å². The maximum Gasteiger partial charge on any atom is 0.147 e. The minimum atomic E-state index is -0.254. The average Bonchev–Trinajstić information content (AvgIpc) is 2.79. The van der Waals surface area contributed by atoms with E-state index in [1.54, 1.807) is 12.4 Å². The molecule has 140 valence electrons. The maximum absolute atomic E-state index is 11.1. The van der Waals surface area contributed by atoms with E-state index in [-0.39, 0.29) is 11.8 Å². The Balaban J connectivity index is 1.68. The van der Waals surface area contributed by atoms with Gasteiger partial charge in [-0.2, -0.15) is 0 Å². The molecule has 0 fully saturated rings. The van der Waals surface area contributed by atoms with Gasteiger partial charge in [-0.15, -0.1) is 0 Å². The van der Waals surface area contributed by atoms with E-state index in [1.807, 2.05) is 72.8 Å². The Morgan fingerprint density at radius 1 is 0.655 bits per heavy atom. The van der Waals surface area contributed by atoms with Crippen molar-refractivity contribution in [2.75, 3.05) is 5.32 Å². The Morgan fingerprint density at radius 3 is 2.14 bits per heavy atom. The largest absolute Gasteiger partial charge is 0.505 e. The second-order valence-electron chi connectivity index (χ2n) is 6.95. The van der Waals surface area contributed by atoms with Crippen LogP contribution in [0.2, 0.25) is 0 Å². The quantitative estimate of drug-likeness (QED) is 0.422. The molecule has 0 bridgehead atoms. The van der Waals surface area contributed by atoms with Gasteiger partial charge < -0.3 is 10.4 Å². The topological polar surface area (TPSA) is 58.0 Å². The lowest BCUT2D eigenvalue weighted by molar-refractivity contribution is 0.472. The number of hydrogen-bond donors (Lipinski definition) is 2. The lowest BCUT2D eigenvalue weighted by Crippen LogP contribution is -2.13. The van der Waals surface area contributed by atoms with Crippen LogP contribution in [0.4, 0.5) is 5.69 Å². The van der Waals surface area contributed by atoms with Gasteiger partial charge in [0.2, 0.25) is 0 Å². The summed E-state index contributed by atoms with van der Waals surface area (Å²) in [6.45, 7) is 0. The van der Waals surface area contributed by atoms with E-state index in [0.29, 0.717) is 5.52 Å². The first-order chi connectivity index (χ1) is 14.3. The highest BCUT2D eigenvalue weighted by Crippen LogP contribution is 2.37. The monoisotopic (exact) mass is 377 g/mol. The molecule has 1 atom stereocenters. The molecule has 0 radical (unpaired) electrons. The smallest absolute Gasteiger partial charge is 0.147 e. The number of fused-ring (bicyclic) bond motifs is 2. The molecular weight excluding hydrogens is 358 g/mol. The third-order valence-corrected chi connectivity index (χ3v) is 5.16. The summed E-state index contributed by atoms with van der Waals surface area (Å²) >= 11 is 0. The summed E-state index contributed by atoms with van der Waals surface area (Å²) in [6, 6.07) is 27.7. The van der Waals surface area contributed by atoms with Crippen molar-refractivity contribution >= 4 is 27.5 Å². The Hall–Kier alpha value is -3.92. The first-order valence-electron chi connectivity index (χ1n) is 9.53. The zero-order valence-corrected chi connectivity index (χ0v) is 15.7. The number of benzene rings is 3. The molecule has 0 saturated carbocycles. The number of pyridine rings is 2. The second kappa shape index (κ2) is 7.24. The van der Waals surface area contributed by atoms with E-state index in [0.717, 1.165) is 33.1 Å². The molecule has 3 aromatic carbocycles. The van der Waals surface area contributed by atoms with Crippen LogP contribution in [-0.2, 0) is 0 Å². The van der Waals surface area contributed by atoms with Crippen LogP contribution in [0.1, 0.15) is 17.2 Å². The SMILES string of the molecule is Oc1c(C(Nc2cccc3cccnc23)c2ccccc2)ccc2cccnc12. The van der Waals surface area contributed by atoms with E-state index in [4.69, 9.17) is 0 Å².